The number of hydrogen-bond acceptors (Lipinski definition) is 1. The van der Waals surface area contributed by atoms with E-state index >= 15 is 0 Å². The predicted molar refractivity (Wildman–Crippen MR) is 66.4 cm³/mol. The van der Waals surface area contributed by atoms with Crippen molar-refractivity contribution in [2.24, 2.45) is 0 Å². The Balaban J connectivity index is 2.76. The van der Waals surface area contributed by atoms with Gasteiger partial charge in [0.2, 0.25) is 0 Å². The number of nitrogens with two attached hydrogens (primary N) is 1. The highest BCUT2D eigenvalue weighted by atomic mass is 35.5. The lowest BCUT2D eigenvalue weighted by Crippen LogP contribution is -2.11. The summed E-state index contributed by atoms with van der Waals surface area (Å²) in [5.74, 6) is 0. The van der Waals surface area contributed by atoms with Crippen LogP contribution in [0.2, 0.25) is 5.02 Å². The number of H-pyrrole nitrogens is 1. The van der Waals surface area contributed by atoms with Crippen LogP contribution in [0.4, 0.5) is 5.69 Å². The highest BCUT2D eigenvalue weighted by Gasteiger charge is 2.21. The molecule has 15 heavy (non-hydrogen) atoms. The van der Waals surface area contributed by atoms with Crippen molar-refractivity contribution in [1.29, 1.82) is 0 Å². The van der Waals surface area contributed by atoms with Gasteiger partial charge >= 0.3 is 0 Å². The molecule has 3 heteroatoms. The van der Waals surface area contributed by atoms with E-state index in [1.165, 1.54) is 0 Å². The fourth-order valence-electron chi connectivity index (χ4n) is 1.69. The Morgan fingerprint density at radius 3 is 2.53 bits per heavy atom. The van der Waals surface area contributed by atoms with Gasteiger partial charge in [0.1, 0.15) is 0 Å². The number of fused-ring (bicyclic) bond motifs is 1. The maximum atomic E-state index is 6.33. The summed E-state index contributed by atoms with van der Waals surface area (Å²) in [5, 5.41) is 1.78. The lowest BCUT2D eigenvalue weighted by molar-refractivity contribution is 0.574. The third-order valence-electron chi connectivity index (χ3n) is 2.51. The van der Waals surface area contributed by atoms with Crippen molar-refractivity contribution in [1.82, 2.24) is 4.98 Å². The molecular weight excluding hydrogens is 208 g/mol. The summed E-state index contributed by atoms with van der Waals surface area (Å²) in [4.78, 5) is 3.34. The number of anilines is 1. The van der Waals surface area contributed by atoms with Crippen LogP contribution in [0.25, 0.3) is 10.9 Å². The summed E-state index contributed by atoms with van der Waals surface area (Å²) in [5.41, 5.74) is 8.60. The van der Waals surface area contributed by atoms with Gasteiger partial charge in [0.05, 0.1) is 5.02 Å². The number of nitrogen functional groups attached to an aromatic ring is 1. The molecule has 0 atom stereocenters. The molecule has 0 saturated heterocycles. The van der Waals surface area contributed by atoms with Crippen LogP contribution in [-0.2, 0) is 5.41 Å². The summed E-state index contributed by atoms with van der Waals surface area (Å²) in [6.07, 6.45) is 0. The van der Waals surface area contributed by atoms with Gasteiger partial charge in [-0.15, -0.1) is 0 Å². The number of aromatic amines is 1. The summed E-state index contributed by atoms with van der Waals surface area (Å²) in [7, 11) is 0. The molecule has 0 aliphatic heterocycles. The van der Waals surface area contributed by atoms with Crippen LogP contribution in [0.5, 0.6) is 0 Å². The fourth-order valence-corrected chi connectivity index (χ4v) is 2.18. The van der Waals surface area contributed by atoms with Crippen LogP contribution in [-0.4, -0.2) is 4.98 Å². The molecule has 0 unspecified atom stereocenters. The Morgan fingerprint density at radius 2 is 1.93 bits per heavy atom. The summed E-state index contributed by atoms with van der Waals surface area (Å²) in [6, 6.07) is 5.75. The third-order valence-corrected chi connectivity index (χ3v) is 2.90. The molecule has 0 fully saturated rings. The van der Waals surface area contributed by atoms with E-state index in [1.807, 2.05) is 18.2 Å². The first-order chi connectivity index (χ1) is 6.89. The number of halogens is 1. The lowest BCUT2D eigenvalue weighted by Gasteiger charge is -2.16. The van der Waals surface area contributed by atoms with Crippen molar-refractivity contribution >= 4 is 28.2 Å². The molecule has 80 valence electrons. The molecule has 0 spiro atoms. The smallest absolute Gasteiger partial charge is 0.0698 e. The van der Waals surface area contributed by atoms with Crippen LogP contribution in [0.15, 0.2) is 18.2 Å². The molecule has 3 N–H and O–H groups in total. The third kappa shape index (κ3) is 1.70. The quantitative estimate of drug-likeness (QED) is 0.656. The topological polar surface area (TPSA) is 41.8 Å². The second-order valence-corrected chi connectivity index (χ2v) is 5.25. The molecule has 0 saturated carbocycles. The Kier molecular flexibility index (Phi) is 2.19. The van der Waals surface area contributed by atoms with Crippen LogP contribution in [0.1, 0.15) is 26.5 Å². The first-order valence-corrected chi connectivity index (χ1v) is 5.34. The Bertz CT molecular complexity index is 506. The SMILES string of the molecule is CC(C)(C)c1[nH]c2ccc(N)cc2c1Cl. The zero-order valence-electron chi connectivity index (χ0n) is 9.19. The average Bonchev–Trinajstić information content (AvgIpc) is 2.43. The fraction of sp³-hybridized carbons (Fsp3) is 0.333. The number of benzene rings is 1. The number of hydrogen-bond donors (Lipinski definition) is 2. The number of nitrogens with one attached hydrogen (secondary N) is 1. The van der Waals surface area contributed by atoms with Crippen molar-refractivity contribution in [2.75, 3.05) is 5.73 Å². The molecule has 2 rings (SSSR count). The van der Waals surface area contributed by atoms with Gasteiger partial charge in [-0.2, -0.15) is 0 Å². The largest absolute Gasteiger partial charge is 0.399 e. The summed E-state index contributed by atoms with van der Waals surface area (Å²) in [6.45, 7) is 6.40. The minimum Gasteiger partial charge on any atom is -0.399 e. The summed E-state index contributed by atoms with van der Waals surface area (Å²) < 4.78 is 0. The number of aromatic nitrogens is 1. The standard InChI is InChI=1S/C12H15ClN2/c1-12(2,3)11-10(13)8-6-7(14)4-5-9(8)15-11/h4-6,15H,14H2,1-3H3. The van der Waals surface area contributed by atoms with Gasteiger partial charge in [-0.3, -0.25) is 0 Å². The van der Waals surface area contributed by atoms with E-state index in [0.29, 0.717) is 0 Å². The zero-order chi connectivity index (χ0) is 11.2. The molecule has 0 aliphatic rings. The van der Waals surface area contributed by atoms with Gasteiger partial charge in [0.25, 0.3) is 0 Å². The van der Waals surface area contributed by atoms with E-state index in [0.717, 1.165) is 27.3 Å². The van der Waals surface area contributed by atoms with Crippen molar-refractivity contribution in [3.05, 3.63) is 28.9 Å². The molecule has 0 aliphatic carbocycles. The maximum Gasteiger partial charge on any atom is 0.0698 e. The highest BCUT2D eigenvalue weighted by Crippen LogP contribution is 2.35. The van der Waals surface area contributed by atoms with E-state index in [4.69, 9.17) is 17.3 Å². The minimum absolute atomic E-state index is 0.0187. The molecule has 0 radical (unpaired) electrons. The lowest BCUT2D eigenvalue weighted by atomic mass is 9.92. The minimum atomic E-state index is 0.0187. The molecular formula is C12H15ClN2. The molecule has 1 heterocycles. The Hall–Kier alpha value is -1.15. The van der Waals surface area contributed by atoms with Crippen molar-refractivity contribution in [3.63, 3.8) is 0 Å². The summed E-state index contributed by atoms with van der Waals surface area (Å²) >= 11 is 6.33. The van der Waals surface area contributed by atoms with E-state index in [9.17, 15) is 0 Å². The zero-order valence-corrected chi connectivity index (χ0v) is 9.94. The van der Waals surface area contributed by atoms with Gasteiger partial charge in [-0.05, 0) is 18.2 Å². The highest BCUT2D eigenvalue weighted by molar-refractivity contribution is 6.36. The predicted octanol–water partition coefficient (Wildman–Crippen LogP) is 3.70. The second kappa shape index (κ2) is 3.17. The monoisotopic (exact) mass is 222 g/mol. The van der Waals surface area contributed by atoms with Gasteiger partial charge in [0, 0.05) is 27.7 Å². The molecule has 1 aromatic heterocycles. The first-order valence-electron chi connectivity index (χ1n) is 4.97. The van der Waals surface area contributed by atoms with E-state index in [-0.39, 0.29) is 5.41 Å². The van der Waals surface area contributed by atoms with Gasteiger partial charge in [0.15, 0.2) is 0 Å². The second-order valence-electron chi connectivity index (χ2n) is 4.87. The molecule has 1 aromatic carbocycles. The Labute approximate surface area is 94.4 Å². The van der Waals surface area contributed by atoms with Crippen LogP contribution in [0.3, 0.4) is 0 Å². The van der Waals surface area contributed by atoms with Gasteiger partial charge in [-0.25, -0.2) is 0 Å². The van der Waals surface area contributed by atoms with Crippen LogP contribution >= 0.6 is 11.6 Å². The van der Waals surface area contributed by atoms with Crippen molar-refractivity contribution in [2.45, 2.75) is 26.2 Å². The molecule has 0 bridgehead atoms. The normalized spacial score (nSPS) is 12.3. The van der Waals surface area contributed by atoms with Gasteiger partial charge < -0.3 is 10.7 Å². The van der Waals surface area contributed by atoms with E-state index < -0.39 is 0 Å². The average molecular weight is 223 g/mol. The Morgan fingerprint density at radius 1 is 1.27 bits per heavy atom. The molecule has 2 nitrogen and oxygen atoms in total. The molecule has 2 aromatic rings. The van der Waals surface area contributed by atoms with E-state index in [2.05, 4.69) is 25.8 Å². The first kappa shape index (κ1) is 10.4. The number of rotatable bonds is 0. The van der Waals surface area contributed by atoms with E-state index in [1.54, 1.807) is 0 Å². The van der Waals surface area contributed by atoms with Crippen LogP contribution < -0.4 is 5.73 Å². The molecule has 0 amide bonds. The van der Waals surface area contributed by atoms with Crippen molar-refractivity contribution in [3.8, 4) is 0 Å². The maximum absolute atomic E-state index is 6.33. The van der Waals surface area contributed by atoms with Crippen molar-refractivity contribution < 1.29 is 0 Å². The van der Waals surface area contributed by atoms with Gasteiger partial charge in [-0.1, -0.05) is 32.4 Å². The van der Waals surface area contributed by atoms with Crippen LogP contribution in [0, 0.1) is 0 Å².